The molecular formula is C14H21ClN2O. The highest BCUT2D eigenvalue weighted by Gasteiger charge is 2.27. The van der Waals surface area contributed by atoms with Gasteiger partial charge in [0.25, 0.3) is 0 Å². The van der Waals surface area contributed by atoms with Gasteiger partial charge in [0, 0.05) is 19.1 Å². The van der Waals surface area contributed by atoms with E-state index in [1.54, 1.807) is 0 Å². The van der Waals surface area contributed by atoms with Gasteiger partial charge in [-0.15, -0.1) is 12.4 Å². The van der Waals surface area contributed by atoms with Crippen molar-refractivity contribution in [3.8, 4) is 0 Å². The average Bonchev–Trinajstić information content (AvgIpc) is 2.80. The number of halogens is 1. The van der Waals surface area contributed by atoms with Crippen molar-refractivity contribution in [3.63, 3.8) is 0 Å². The van der Waals surface area contributed by atoms with Crippen molar-refractivity contribution in [2.45, 2.75) is 32.2 Å². The molecule has 0 aromatic heterocycles. The second kappa shape index (κ2) is 6.76. The Bertz CT molecular complexity index is 409. The molecule has 1 saturated heterocycles. The third-order valence-corrected chi connectivity index (χ3v) is 3.57. The third-order valence-electron chi connectivity index (χ3n) is 3.57. The SMILES string of the molecule is Cc1ccccc1CC(=O)N1CCCC1CN.Cl. The van der Waals surface area contributed by atoms with E-state index in [0.29, 0.717) is 13.0 Å². The van der Waals surface area contributed by atoms with Crippen LogP contribution in [-0.2, 0) is 11.2 Å². The Balaban J connectivity index is 0.00000162. The molecule has 1 heterocycles. The zero-order valence-corrected chi connectivity index (χ0v) is 11.6. The van der Waals surface area contributed by atoms with Crippen molar-refractivity contribution in [3.05, 3.63) is 35.4 Å². The lowest BCUT2D eigenvalue weighted by molar-refractivity contribution is -0.131. The average molecular weight is 269 g/mol. The fraction of sp³-hybridized carbons (Fsp3) is 0.500. The van der Waals surface area contributed by atoms with Crippen LogP contribution in [-0.4, -0.2) is 29.9 Å². The minimum Gasteiger partial charge on any atom is -0.338 e. The predicted octanol–water partition coefficient (Wildman–Crippen LogP) is 1.91. The monoisotopic (exact) mass is 268 g/mol. The topological polar surface area (TPSA) is 46.3 Å². The number of rotatable bonds is 3. The van der Waals surface area contributed by atoms with Crippen LogP contribution < -0.4 is 5.73 Å². The summed E-state index contributed by atoms with van der Waals surface area (Å²) in [5, 5.41) is 0. The van der Waals surface area contributed by atoms with Gasteiger partial charge in [0.15, 0.2) is 0 Å². The molecule has 1 fully saturated rings. The predicted molar refractivity (Wildman–Crippen MR) is 75.9 cm³/mol. The van der Waals surface area contributed by atoms with Gasteiger partial charge in [-0.1, -0.05) is 24.3 Å². The second-order valence-corrected chi connectivity index (χ2v) is 4.72. The Hall–Kier alpha value is -1.06. The van der Waals surface area contributed by atoms with Gasteiger partial charge in [-0.25, -0.2) is 0 Å². The van der Waals surface area contributed by atoms with Gasteiger partial charge in [-0.2, -0.15) is 0 Å². The molecule has 1 amide bonds. The number of nitrogens with two attached hydrogens (primary N) is 1. The highest BCUT2D eigenvalue weighted by atomic mass is 35.5. The molecular weight excluding hydrogens is 248 g/mol. The summed E-state index contributed by atoms with van der Waals surface area (Å²) < 4.78 is 0. The maximum atomic E-state index is 12.2. The lowest BCUT2D eigenvalue weighted by Gasteiger charge is -2.23. The standard InChI is InChI=1S/C14H20N2O.ClH/c1-11-5-2-3-6-12(11)9-14(17)16-8-4-7-13(16)10-15;/h2-3,5-6,13H,4,7-10,15H2,1H3;1H. The van der Waals surface area contributed by atoms with Gasteiger partial charge in [0.1, 0.15) is 0 Å². The number of likely N-dealkylation sites (tertiary alicyclic amines) is 1. The van der Waals surface area contributed by atoms with E-state index in [0.717, 1.165) is 24.9 Å². The summed E-state index contributed by atoms with van der Waals surface area (Å²) in [5.74, 6) is 0.215. The van der Waals surface area contributed by atoms with E-state index in [9.17, 15) is 4.79 Å². The first kappa shape index (κ1) is 15.0. The molecule has 1 aliphatic rings. The molecule has 0 aliphatic carbocycles. The molecule has 0 bridgehead atoms. The van der Waals surface area contributed by atoms with E-state index in [4.69, 9.17) is 5.73 Å². The maximum Gasteiger partial charge on any atom is 0.227 e. The van der Waals surface area contributed by atoms with Gasteiger partial charge >= 0.3 is 0 Å². The number of carbonyl (C=O) groups excluding carboxylic acids is 1. The number of aryl methyl sites for hydroxylation is 1. The largest absolute Gasteiger partial charge is 0.338 e. The minimum atomic E-state index is 0. The molecule has 18 heavy (non-hydrogen) atoms. The highest BCUT2D eigenvalue weighted by molar-refractivity contribution is 5.85. The molecule has 2 N–H and O–H groups in total. The van der Waals surface area contributed by atoms with Crippen LogP contribution in [0, 0.1) is 6.92 Å². The molecule has 4 heteroatoms. The van der Waals surface area contributed by atoms with Gasteiger partial charge in [0.2, 0.25) is 5.91 Å². The van der Waals surface area contributed by atoms with Gasteiger partial charge < -0.3 is 10.6 Å². The smallest absolute Gasteiger partial charge is 0.227 e. The normalized spacial score (nSPS) is 18.6. The molecule has 1 unspecified atom stereocenters. The Kier molecular flexibility index (Phi) is 5.63. The molecule has 3 nitrogen and oxygen atoms in total. The highest BCUT2D eigenvalue weighted by Crippen LogP contribution is 2.18. The Labute approximate surface area is 115 Å². The second-order valence-electron chi connectivity index (χ2n) is 4.72. The van der Waals surface area contributed by atoms with Crippen LogP contribution in [0.1, 0.15) is 24.0 Å². The Morgan fingerprint density at radius 3 is 2.83 bits per heavy atom. The van der Waals surface area contributed by atoms with Crippen LogP contribution in [0.15, 0.2) is 24.3 Å². The van der Waals surface area contributed by atoms with E-state index in [-0.39, 0.29) is 24.4 Å². The fourth-order valence-electron chi connectivity index (χ4n) is 2.48. The summed E-state index contributed by atoms with van der Waals surface area (Å²) in [6, 6.07) is 8.32. The molecule has 100 valence electrons. The molecule has 1 atom stereocenters. The van der Waals surface area contributed by atoms with Crippen molar-refractivity contribution >= 4 is 18.3 Å². The number of hydrogen-bond donors (Lipinski definition) is 1. The van der Waals surface area contributed by atoms with E-state index in [2.05, 4.69) is 0 Å². The van der Waals surface area contributed by atoms with E-state index >= 15 is 0 Å². The van der Waals surface area contributed by atoms with Crippen molar-refractivity contribution in [1.29, 1.82) is 0 Å². The molecule has 1 aromatic rings. The molecule has 0 radical (unpaired) electrons. The number of hydrogen-bond acceptors (Lipinski definition) is 2. The van der Waals surface area contributed by atoms with Crippen molar-refractivity contribution < 1.29 is 4.79 Å². The number of carbonyl (C=O) groups is 1. The zero-order valence-electron chi connectivity index (χ0n) is 10.8. The number of amides is 1. The number of benzene rings is 1. The first-order valence-electron chi connectivity index (χ1n) is 6.26. The summed E-state index contributed by atoms with van der Waals surface area (Å²) >= 11 is 0. The van der Waals surface area contributed by atoms with Gasteiger partial charge in [-0.05, 0) is 30.9 Å². The zero-order chi connectivity index (χ0) is 12.3. The first-order valence-corrected chi connectivity index (χ1v) is 6.26. The quantitative estimate of drug-likeness (QED) is 0.910. The van der Waals surface area contributed by atoms with E-state index < -0.39 is 0 Å². The fourth-order valence-corrected chi connectivity index (χ4v) is 2.48. The first-order chi connectivity index (χ1) is 8.22. The molecule has 0 spiro atoms. The van der Waals surface area contributed by atoms with Gasteiger partial charge in [0.05, 0.1) is 6.42 Å². The van der Waals surface area contributed by atoms with Crippen molar-refractivity contribution in [1.82, 2.24) is 4.90 Å². The maximum absolute atomic E-state index is 12.2. The summed E-state index contributed by atoms with van der Waals surface area (Å²) in [6.45, 7) is 3.50. The summed E-state index contributed by atoms with van der Waals surface area (Å²) in [7, 11) is 0. The minimum absolute atomic E-state index is 0. The summed E-state index contributed by atoms with van der Waals surface area (Å²) in [6.07, 6.45) is 2.64. The van der Waals surface area contributed by atoms with Crippen molar-refractivity contribution in [2.75, 3.05) is 13.1 Å². The van der Waals surface area contributed by atoms with Crippen LogP contribution in [0.25, 0.3) is 0 Å². The summed E-state index contributed by atoms with van der Waals surface area (Å²) in [4.78, 5) is 14.2. The third kappa shape index (κ3) is 3.24. The Morgan fingerprint density at radius 1 is 1.44 bits per heavy atom. The van der Waals surface area contributed by atoms with Crippen LogP contribution in [0.4, 0.5) is 0 Å². The van der Waals surface area contributed by atoms with Crippen LogP contribution >= 0.6 is 12.4 Å². The van der Waals surface area contributed by atoms with E-state index in [1.807, 2.05) is 36.1 Å². The molecule has 2 rings (SSSR count). The summed E-state index contributed by atoms with van der Waals surface area (Å²) in [5.41, 5.74) is 8.00. The number of nitrogens with zero attached hydrogens (tertiary/aromatic N) is 1. The molecule has 1 aliphatic heterocycles. The van der Waals surface area contributed by atoms with Crippen LogP contribution in [0.5, 0.6) is 0 Å². The Morgan fingerprint density at radius 2 is 2.17 bits per heavy atom. The van der Waals surface area contributed by atoms with Crippen LogP contribution in [0.2, 0.25) is 0 Å². The molecule has 0 saturated carbocycles. The van der Waals surface area contributed by atoms with Crippen molar-refractivity contribution in [2.24, 2.45) is 5.73 Å². The van der Waals surface area contributed by atoms with Crippen LogP contribution in [0.3, 0.4) is 0 Å². The van der Waals surface area contributed by atoms with Gasteiger partial charge in [-0.3, -0.25) is 4.79 Å². The van der Waals surface area contributed by atoms with E-state index in [1.165, 1.54) is 5.56 Å². The molecule has 1 aromatic carbocycles. The lowest BCUT2D eigenvalue weighted by atomic mass is 10.1. The lowest BCUT2D eigenvalue weighted by Crippen LogP contribution is -2.40.